The average Bonchev–Trinajstić information content (AvgIpc) is 3.39. The quantitative estimate of drug-likeness (QED) is 0.116. The summed E-state index contributed by atoms with van der Waals surface area (Å²) in [6, 6.07) is 94.5. The van der Waals surface area contributed by atoms with Gasteiger partial charge in [-0.25, -0.2) is 0 Å². The van der Waals surface area contributed by atoms with Gasteiger partial charge in [0, 0.05) is 0 Å². The van der Waals surface area contributed by atoms with Gasteiger partial charge < -0.3 is 0 Å². The first-order valence-corrected chi connectivity index (χ1v) is 22.9. The molecule has 0 aromatic heterocycles. The molecule has 0 heteroatoms. The first kappa shape index (κ1) is 37.9. The molecule has 0 heterocycles. The minimum Gasteiger partial charge on any atom is -0.0622 e. The van der Waals surface area contributed by atoms with Crippen LogP contribution in [0.3, 0.4) is 0 Å². The molecule has 0 unspecified atom stereocenters. The van der Waals surface area contributed by atoms with Crippen molar-refractivity contribution < 1.29 is 0 Å². The molecule has 0 aliphatic heterocycles. The lowest BCUT2D eigenvalue weighted by atomic mass is 9.82. The molecule has 0 fully saturated rings. The fourth-order valence-corrected chi connectivity index (χ4v) is 10.7. The molecule has 0 bridgehead atoms. The Morgan fingerprint density at radius 1 is 0.152 bits per heavy atom. The highest BCUT2D eigenvalue weighted by atomic mass is 14.2. The van der Waals surface area contributed by atoms with Crippen molar-refractivity contribution >= 4 is 64.6 Å². The Labute approximate surface area is 384 Å². The summed E-state index contributed by atoms with van der Waals surface area (Å²) >= 11 is 0. The molecule has 0 amide bonds. The van der Waals surface area contributed by atoms with Crippen LogP contribution in [-0.4, -0.2) is 0 Å². The fourth-order valence-electron chi connectivity index (χ4n) is 10.7. The summed E-state index contributed by atoms with van der Waals surface area (Å²) in [7, 11) is 0. The number of fused-ring (bicyclic) bond motifs is 7. The van der Waals surface area contributed by atoms with E-state index in [1.54, 1.807) is 0 Å². The topological polar surface area (TPSA) is 0 Å². The summed E-state index contributed by atoms with van der Waals surface area (Å²) in [5.41, 5.74) is 14.6. The Balaban J connectivity index is 1.17. The summed E-state index contributed by atoms with van der Waals surface area (Å²) in [6.45, 7) is 0. The molecular formula is C66H42. The van der Waals surface area contributed by atoms with E-state index < -0.39 is 0 Å². The normalized spacial score (nSPS) is 11.6. The van der Waals surface area contributed by atoms with Crippen LogP contribution in [-0.2, 0) is 0 Å². The summed E-state index contributed by atoms with van der Waals surface area (Å²) in [4.78, 5) is 0. The van der Waals surface area contributed by atoms with E-state index in [4.69, 9.17) is 0 Å². The van der Waals surface area contributed by atoms with Crippen molar-refractivity contribution in [2.45, 2.75) is 0 Å². The zero-order chi connectivity index (χ0) is 43.6. The average molecular weight is 835 g/mol. The van der Waals surface area contributed by atoms with Gasteiger partial charge in [-0.15, -0.1) is 0 Å². The monoisotopic (exact) mass is 834 g/mol. The maximum absolute atomic E-state index is 2.53. The Bertz CT molecular complexity index is 4020. The van der Waals surface area contributed by atoms with Crippen molar-refractivity contribution in [2.75, 3.05) is 0 Å². The molecule has 0 saturated carbocycles. The molecule has 0 nitrogen and oxygen atoms in total. The zero-order valence-electron chi connectivity index (χ0n) is 36.2. The largest absolute Gasteiger partial charge is 0.0622 e. The Morgan fingerprint density at radius 2 is 0.591 bits per heavy atom. The predicted molar refractivity (Wildman–Crippen MR) is 284 cm³/mol. The highest BCUT2D eigenvalue weighted by Gasteiger charge is 2.21. The van der Waals surface area contributed by atoms with Crippen LogP contribution in [0.2, 0.25) is 0 Å². The number of rotatable bonds is 6. The maximum atomic E-state index is 2.53. The minimum atomic E-state index is 1.20. The second-order valence-corrected chi connectivity index (χ2v) is 17.5. The third-order valence-corrected chi connectivity index (χ3v) is 13.8. The van der Waals surface area contributed by atoms with Crippen molar-refractivity contribution in [3.63, 3.8) is 0 Å². The number of benzene rings is 13. The molecule has 13 rings (SSSR count). The second-order valence-electron chi connectivity index (χ2n) is 17.5. The molecule has 0 atom stereocenters. The SMILES string of the molecule is c1ccc(-c2ccc3cc(-c4ccccc4)c4cc5c(-c6cccc(-c7cccc8ccccc78)c6)c6ccccc6c(-c6cccc(-c7cccc8ccccc78)c6)c5cc4c3c2)cc1. The lowest BCUT2D eigenvalue weighted by Crippen LogP contribution is -1.94. The Morgan fingerprint density at radius 3 is 1.17 bits per heavy atom. The van der Waals surface area contributed by atoms with Gasteiger partial charge in [-0.2, -0.15) is 0 Å². The Kier molecular flexibility index (Phi) is 8.96. The summed E-state index contributed by atoms with van der Waals surface area (Å²) < 4.78 is 0. The first-order chi connectivity index (χ1) is 32.7. The van der Waals surface area contributed by atoms with E-state index in [1.165, 1.54) is 131 Å². The third-order valence-electron chi connectivity index (χ3n) is 13.8. The molecule has 0 N–H and O–H groups in total. The number of hydrogen-bond acceptors (Lipinski definition) is 0. The van der Waals surface area contributed by atoms with Crippen LogP contribution >= 0.6 is 0 Å². The van der Waals surface area contributed by atoms with Gasteiger partial charge in [-0.1, -0.05) is 218 Å². The summed E-state index contributed by atoms with van der Waals surface area (Å²) in [5, 5.41) is 14.9. The predicted octanol–water partition coefficient (Wildman–Crippen LogP) is 18.6. The van der Waals surface area contributed by atoms with Crippen LogP contribution in [0.4, 0.5) is 0 Å². The first-order valence-electron chi connectivity index (χ1n) is 22.9. The summed E-state index contributed by atoms with van der Waals surface area (Å²) in [6.07, 6.45) is 0. The molecule has 0 saturated heterocycles. The maximum Gasteiger partial charge on any atom is -0.00259 e. The van der Waals surface area contributed by atoms with Crippen LogP contribution in [0, 0.1) is 0 Å². The van der Waals surface area contributed by atoms with Gasteiger partial charge >= 0.3 is 0 Å². The molecule has 66 heavy (non-hydrogen) atoms. The van der Waals surface area contributed by atoms with Crippen molar-refractivity contribution in [3.8, 4) is 66.8 Å². The van der Waals surface area contributed by atoms with E-state index >= 15 is 0 Å². The highest BCUT2D eigenvalue weighted by molar-refractivity contribution is 6.27. The van der Waals surface area contributed by atoms with E-state index in [-0.39, 0.29) is 0 Å². The van der Waals surface area contributed by atoms with Crippen molar-refractivity contribution in [2.24, 2.45) is 0 Å². The Hall–Kier alpha value is -8.58. The molecular weight excluding hydrogens is 793 g/mol. The lowest BCUT2D eigenvalue weighted by molar-refractivity contribution is 1.62. The fraction of sp³-hybridized carbons (Fsp3) is 0. The molecule has 13 aromatic carbocycles. The third kappa shape index (κ3) is 6.30. The van der Waals surface area contributed by atoms with E-state index in [9.17, 15) is 0 Å². The molecule has 0 radical (unpaired) electrons. The van der Waals surface area contributed by atoms with Gasteiger partial charge in [0.1, 0.15) is 0 Å². The standard InChI is InChI=1S/C66H42/c1-3-17-43(18-4-1)47-35-36-50-40-59(46-19-5-2-6-20-46)61-41-63-64(42-62(61)60(50)39-47)66(52-28-14-26-49(38-52)56-34-16-24-45-22-8-10-30-54(45)56)58-32-12-11-31-57(58)65(63)51-27-13-25-48(37-51)55-33-15-23-44-21-7-9-29-53(44)55/h1-42H. The van der Waals surface area contributed by atoms with Crippen molar-refractivity contribution in [3.05, 3.63) is 255 Å². The molecule has 13 aromatic rings. The van der Waals surface area contributed by atoms with Gasteiger partial charge in [0.15, 0.2) is 0 Å². The van der Waals surface area contributed by atoms with E-state index in [0.29, 0.717) is 0 Å². The van der Waals surface area contributed by atoms with Crippen LogP contribution in [0.1, 0.15) is 0 Å². The van der Waals surface area contributed by atoms with Crippen LogP contribution in [0.15, 0.2) is 255 Å². The molecule has 0 aliphatic carbocycles. The minimum absolute atomic E-state index is 1.20. The van der Waals surface area contributed by atoms with E-state index in [1.807, 2.05) is 0 Å². The number of hydrogen-bond donors (Lipinski definition) is 0. The van der Waals surface area contributed by atoms with Crippen molar-refractivity contribution in [1.29, 1.82) is 0 Å². The smallest absolute Gasteiger partial charge is 0.00259 e. The molecule has 0 spiro atoms. The van der Waals surface area contributed by atoms with Crippen LogP contribution in [0.25, 0.3) is 131 Å². The zero-order valence-corrected chi connectivity index (χ0v) is 36.2. The highest BCUT2D eigenvalue weighted by Crippen LogP contribution is 2.49. The van der Waals surface area contributed by atoms with Gasteiger partial charge in [0.2, 0.25) is 0 Å². The van der Waals surface area contributed by atoms with Gasteiger partial charge in [0.25, 0.3) is 0 Å². The van der Waals surface area contributed by atoms with Crippen molar-refractivity contribution in [1.82, 2.24) is 0 Å². The lowest BCUT2D eigenvalue weighted by Gasteiger charge is -2.21. The van der Waals surface area contributed by atoms with Crippen LogP contribution < -0.4 is 0 Å². The molecule has 0 aliphatic rings. The van der Waals surface area contributed by atoms with Gasteiger partial charge in [0.05, 0.1) is 0 Å². The summed E-state index contributed by atoms with van der Waals surface area (Å²) in [5.74, 6) is 0. The molecule has 306 valence electrons. The van der Waals surface area contributed by atoms with Gasteiger partial charge in [-0.3, -0.25) is 0 Å². The van der Waals surface area contributed by atoms with Gasteiger partial charge in [-0.05, 0) is 168 Å². The van der Waals surface area contributed by atoms with E-state index in [2.05, 4.69) is 255 Å². The van der Waals surface area contributed by atoms with E-state index in [0.717, 1.165) is 0 Å². The second kappa shape index (κ2) is 15.6. The van der Waals surface area contributed by atoms with Crippen LogP contribution in [0.5, 0.6) is 0 Å².